The summed E-state index contributed by atoms with van der Waals surface area (Å²) in [5, 5.41) is -0.136. The van der Waals surface area contributed by atoms with E-state index in [-0.39, 0.29) is 34.6 Å². The molecule has 0 bridgehead atoms. The minimum Gasteiger partial charge on any atom is -0.467 e. The minimum atomic E-state index is -4.49. The third-order valence-electron chi connectivity index (χ3n) is 4.29. The molecule has 10 heteroatoms. The normalized spacial score (nSPS) is 19.8. The maximum atomic E-state index is 12.6. The molecule has 1 aromatic heterocycles. The van der Waals surface area contributed by atoms with Gasteiger partial charge in [-0.2, -0.15) is 13.2 Å². The highest BCUT2D eigenvalue weighted by Crippen LogP contribution is 2.28. The molecule has 0 atom stereocenters. The van der Waals surface area contributed by atoms with E-state index >= 15 is 0 Å². The number of hydrogen-bond acceptors (Lipinski definition) is 5. The Morgan fingerprint density at radius 3 is 2.54 bits per heavy atom. The van der Waals surface area contributed by atoms with E-state index in [1.165, 1.54) is 12.3 Å². The van der Waals surface area contributed by atoms with Gasteiger partial charge in [0.2, 0.25) is 5.88 Å². The summed E-state index contributed by atoms with van der Waals surface area (Å²) in [5.41, 5.74) is 0.209. The summed E-state index contributed by atoms with van der Waals surface area (Å²) in [6.07, 6.45) is -2.01. The monoisotopic (exact) mass is 394 g/mol. The highest BCUT2D eigenvalue weighted by Gasteiger charge is 2.32. The van der Waals surface area contributed by atoms with Crippen LogP contribution in [-0.2, 0) is 9.47 Å². The molecule has 0 aromatic carbocycles. The van der Waals surface area contributed by atoms with E-state index in [1.54, 1.807) is 4.90 Å². The fourth-order valence-electron chi connectivity index (χ4n) is 3.00. The van der Waals surface area contributed by atoms with Crippen LogP contribution >= 0.6 is 11.6 Å². The Morgan fingerprint density at radius 2 is 1.96 bits per heavy atom. The first-order valence-electron chi connectivity index (χ1n) is 8.21. The minimum absolute atomic E-state index is 0.136. The molecule has 1 amide bonds. The Kier molecular flexibility index (Phi) is 5.89. The lowest BCUT2D eigenvalue weighted by Gasteiger charge is -2.33. The zero-order chi connectivity index (χ0) is 18.7. The van der Waals surface area contributed by atoms with Crippen LogP contribution in [-0.4, -0.2) is 61.2 Å². The van der Waals surface area contributed by atoms with Gasteiger partial charge in [0.15, 0.2) is 12.9 Å². The summed E-state index contributed by atoms with van der Waals surface area (Å²) < 4.78 is 52.1. The first kappa shape index (κ1) is 19.2. The second-order valence-corrected chi connectivity index (χ2v) is 6.56. The van der Waals surface area contributed by atoms with Gasteiger partial charge in [0, 0.05) is 25.2 Å². The molecule has 2 aliphatic heterocycles. The molecule has 0 spiro atoms. The molecule has 26 heavy (non-hydrogen) atoms. The van der Waals surface area contributed by atoms with Crippen molar-refractivity contribution >= 4 is 17.5 Å². The topological polar surface area (TPSA) is 60.9 Å². The lowest BCUT2D eigenvalue weighted by atomic mass is 9.96. The van der Waals surface area contributed by atoms with E-state index in [9.17, 15) is 18.0 Å². The van der Waals surface area contributed by atoms with Crippen LogP contribution < -0.4 is 4.74 Å². The van der Waals surface area contributed by atoms with Crippen LogP contribution in [0.25, 0.3) is 0 Å². The molecule has 1 aromatic rings. The summed E-state index contributed by atoms with van der Waals surface area (Å²) in [5.74, 6) is -0.371. The molecule has 3 heterocycles. The van der Waals surface area contributed by atoms with Crippen molar-refractivity contribution < 1.29 is 32.2 Å². The molecule has 0 radical (unpaired) electrons. The maximum Gasteiger partial charge on any atom is 0.422 e. The van der Waals surface area contributed by atoms with Crippen molar-refractivity contribution in [3.05, 3.63) is 22.8 Å². The van der Waals surface area contributed by atoms with E-state index in [4.69, 9.17) is 21.1 Å². The number of nitrogens with zero attached hydrogens (tertiary/aromatic N) is 2. The zero-order valence-corrected chi connectivity index (χ0v) is 14.6. The van der Waals surface area contributed by atoms with Gasteiger partial charge in [-0.25, -0.2) is 4.98 Å². The van der Waals surface area contributed by atoms with Gasteiger partial charge in [-0.3, -0.25) is 4.79 Å². The van der Waals surface area contributed by atoms with Gasteiger partial charge in [0.1, 0.15) is 5.02 Å². The number of aromatic nitrogens is 1. The predicted molar refractivity (Wildman–Crippen MR) is 85.1 cm³/mol. The van der Waals surface area contributed by atoms with E-state index in [2.05, 4.69) is 9.72 Å². The highest BCUT2D eigenvalue weighted by molar-refractivity contribution is 6.32. The molecule has 2 fully saturated rings. The van der Waals surface area contributed by atoms with Crippen LogP contribution in [0.3, 0.4) is 0 Å². The lowest BCUT2D eigenvalue weighted by molar-refractivity contribution is -0.154. The number of carbonyl (C=O) groups excluding carboxylic acids is 1. The maximum absolute atomic E-state index is 12.6. The van der Waals surface area contributed by atoms with Crippen molar-refractivity contribution in [2.24, 2.45) is 5.92 Å². The Hall–Kier alpha value is -1.58. The number of piperidine rings is 1. The largest absolute Gasteiger partial charge is 0.467 e. The van der Waals surface area contributed by atoms with Crippen LogP contribution in [0.4, 0.5) is 13.2 Å². The van der Waals surface area contributed by atoms with Gasteiger partial charge in [-0.15, -0.1) is 0 Å². The van der Waals surface area contributed by atoms with Crippen molar-refractivity contribution in [1.29, 1.82) is 0 Å². The number of amides is 1. The summed E-state index contributed by atoms with van der Waals surface area (Å²) in [7, 11) is 0. The molecule has 3 rings (SSSR count). The van der Waals surface area contributed by atoms with Crippen molar-refractivity contribution in [2.45, 2.75) is 25.3 Å². The van der Waals surface area contributed by atoms with Crippen LogP contribution in [0.2, 0.25) is 5.02 Å². The van der Waals surface area contributed by atoms with Crippen LogP contribution in [0.1, 0.15) is 23.2 Å². The fourth-order valence-corrected chi connectivity index (χ4v) is 3.23. The van der Waals surface area contributed by atoms with E-state index < -0.39 is 12.8 Å². The van der Waals surface area contributed by atoms with E-state index in [1.807, 2.05) is 0 Å². The molecule has 144 valence electrons. The number of rotatable bonds is 4. The Balaban J connectivity index is 1.57. The molecule has 6 nitrogen and oxygen atoms in total. The summed E-state index contributed by atoms with van der Waals surface area (Å²) in [6.45, 7) is 0.770. The second-order valence-electron chi connectivity index (χ2n) is 6.15. The Morgan fingerprint density at radius 1 is 1.31 bits per heavy atom. The van der Waals surface area contributed by atoms with Crippen LogP contribution in [0, 0.1) is 5.92 Å². The van der Waals surface area contributed by atoms with Gasteiger partial charge in [0.05, 0.1) is 18.8 Å². The highest BCUT2D eigenvalue weighted by atomic mass is 35.5. The van der Waals surface area contributed by atoms with Gasteiger partial charge in [-0.1, -0.05) is 11.6 Å². The van der Waals surface area contributed by atoms with Crippen LogP contribution in [0.5, 0.6) is 5.88 Å². The average molecular weight is 395 g/mol. The van der Waals surface area contributed by atoms with Gasteiger partial charge < -0.3 is 19.1 Å². The second kappa shape index (κ2) is 7.98. The number of halogens is 4. The number of hydrogen-bond donors (Lipinski definition) is 0. The van der Waals surface area contributed by atoms with Crippen LogP contribution in [0.15, 0.2) is 12.3 Å². The van der Waals surface area contributed by atoms with Crippen molar-refractivity contribution in [3.8, 4) is 5.88 Å². The summed E-state index contributed by atoms with van der Waals surface area (Å²) in [4.78, 5) is 17.9. The molecule has 2 saturated heterocycles. The SMILES string of the molecule is O=C(c1cnc(OCC(F)(F)F)c(Cl)c1)N1CCC(C2OCCO2)CC1. The standard InChI is InChI=1S/C16H18ClF3N2O4/c17-12-7-11(8-21-13(12)26-9-16(18,19)20)14(23)22-3-1-10(2-4-22)15-24-5-6-25-15/h7-8,10,15H,1-6,9H2. The number of carbonyl (C=O) groups is 1. The van der Waals surface area contributed by atoms with Gasteiger partial charge in [0.25, 0.3) is 5.91 Å². The lowest BCUT2D eigenvalue weighted by Crippen LogP contribution is -2.41. The average Bonchev–Trinajstić information content (AvgIpc) is 3.14. The molecule has 0 unspecified atom stereocenters. The molecular formula is C16H18ClF3N2O4. The smallest absolute Gasteiger partial charge is 0.422 e. The van der Waals surface area contributed by atoms with Crippen molar-refractivity contribution in [3.63, 3.8) is 0 Å². The first-order valence-corrected chi connectivity index (χ1v) is 8.59. The molecule has 2 aliphatic rings. The molecule has 0 N–H and O–H groups in total. The predicted octanol–water partition coefficient (Wildman–Crippen LogP) is 2.90. The summed E-state index contributed by atoms with van der Waals surface area (Å²) >= 11 is 5.89. The Bertz CT molecular complexity index is 645. The van der Waals surface area contributed by atoms with E-state index in [0.717, 1.165) is 12.8 Å². The van der Waals surface area contributed by atoms with Crippen molar-refractivity contribution in [1.82, 2.24) is 9.88 Å². The quantitative estimate of drug-likeness (QED) is 0.786. The first-order chi connectivity index (χ1) is 12.3. The number of likely N-dealkylation sites (tertiary alicyclic amines) is 1. The summed E-state index contributed by atoms with van der Waals surface area (Å²) in [6, 6.07) is 1.28. The van der Waals surface area contributed by atoms with E-state index in [0.29, 0.717) is 26.3 Å². The zero-order valence-electron chi connectivity index (χ0n) is 13.8. The van der Waals surface area contributed by atoms with Crippen molar-refractivity contribution in [2.75, 3.05) is 32.9 Å². The number of pyridine rings is 1. The number of ether oxygens (including phenoxy) is 3. The molecule has 0 aliphatic carbocycles. The third-order valence-corrected chi connectivity index (χ3v) is 4.56. The third kappa shape index (κ3) is 4.77. The number of alkyl halides is 3. The fraction of sp³-hybridized carbons (Fsp3) is 0.625. The van der Waals surface area contributed by atoms with Gasteiger partial charge in [-0.05, 0) is 18.9 Å². The Labute approximate surface area is 153 Å². The molecular weight excluding hydrogens is 377 g/mol. The molecule has 0 saturated carbocycles. The van der Waals surface area contributed by atoms with Gasteiger partial charge >= 0.3 is 6.18 Å².